The highest BCUT2D eigenvalue weighted by molar-refractivity contribution is 7.80. The summed E-state index contributed by atoms with van der Waals surface area (Å²) in [5, 5.41) is 0. The second kappa shape index (κ2) is 7.68. The average Bonchev–Trinajstić information content (AvgIpc) is 2.42. The Morgan fingerprint density at radius 1 is 1.21 bits per heavy atom. The summed E-state index contributed by atoms with van der Waals surface area (Å²) in [6, 6.07) is 8.24. The lowest BCUT2D eigenvalue weighted by Crippen LogP contribution is -2.35. The summed E-state index contributed by atoms with van der Waals surface area (Å²) in [6.07, 6.45) is 1.08. The first kappa shape index (κ1) is 14.6. The second-order valence-electron chi connectivity index (χ2n) is 4.85. The molecule has 0 amide bonds. The van der Waals surface area contributed by atoms with Crippen LogP contribution in [-0.4, -0.2) is 42.7 Å². The van der Waals surface area contributed by atoms with Gasteiger partial charge in [-0.25, -0.2) is 0 Å². The Morgan fingerprint density at radius 2 is 1.89 bits per heavy atom. The topological polar surface area (TPSA) is 29.5 Å². The number of benzene rings is 1. The molecule has 4 heteroatoms. The van der Waals surface area contributed by atoms with Gasteiger partial charge in [0.15, 0.2) is 0 Å². The fourth-order valence-corrected chi connectivity index (χ4v) is 2.56. The summed E-state index contributed by atoms with van der Waals surface area (Å²) in [5.74, 6) is 0.897. The Bertz CT molecular complexity index is 416. The first-order chi connectivity index (χ1) is 9.29. The molecule has 0 aliphatic carbocycles. The molecule has 0 atom stereocenters. The maximum atomic E-state index is 11.8. The lowest BCUT2D eigenvalue weighted by Gasteiger charge is -2.27. The number of hydrogen-bond donors (Lipinski definition) is 1. The molecule has 1 aromatic rings. The van der Waals surface area contributed by atoms with Gasteiger partial charge in [-0.3, -0.25) is 9.69 Å². The quantitative estimate of drug-likeness (QED) is 0.807. The summed E-state index contributed by atoms with van der Waals surface area (Å²) >= 11 is 4.12. The number of Topliss-reactive ketones (excluding diaryl/α,β-unsaturated/α-hetero) is 1. The Morgan fingerprint density at radius 3 is 2.58 bits per heavy atom. The number of thiol groups is 1. The zero-order valence-corrected chi connectivity index (χ0v) is 12.1. The number of rotatable bonds is 6. The first-order valence-electron chi connectivity index (χ1n) is 6.79. The number of morpholine rings is 1. The molecule has 1 heterocycles. The molecule has 2 rings (SSSR count). The maximum absolute atomic E-state index is 11.8. The molecular formula is C15H21NO2S. The zero-order valence-electron chi connectivity index (χ0n) is 11.2. The van der Waals surface area contributed by atoms with Gasteiger partial charge in [-0.2, -0.15) is 12.6 Å². The van der Waals surface area contributed by atoms with E-state index >= 15 is 0 Å². The minimum atomic E-state index is 0.268. The van der Waals surface area contributed by atoms with E-state index in [4.69, 9.17) is 4.74 Å². The molecular weight excluding hydrogens is 258 g/mol. The summed E-state index contributed by atoms with van der Waals surface area (Å²) in [7, 11) is 0. The van der Waals surface area contributed by atoms with Gasteiger partial charge in [0.2, 0.25) is 0 Å². The highest BCUT2D eigenvalue weighted by atomic mass is 32.1. The monoisotopic (exact) mass is 279 g/mol. The van der Waals surface area contributed by atoms with Gasteiger partial charge >= 0.3 is 0 Å². The van der Waals surface area contributed by atoms with Gasteiger partial charge in [-0.05, 0) is 16.9 Å². The van der Waals surface area contributed by atoms with Crippen LogP contribution in [0.1, 0.15) is 17.5 Å². The summed E-state index contributed by atoms with van der Waals surface area (Å²) < 4.78 is 5.36. The number of nitrogens with zero attached hydrogens (tertiary/aromatic N) is 1. The second-order valence-corrected chi connectivity index (χ2v) is 5.29. The Hall–Kier alpha value is -0.840. The van der Waals surface area contributed by atoms with Crippen molar-refractivity contribution in [3.05, 3.63) is 35.4 Å². The lowest BCUT2D eigenvalue weighted by molar-refractivity contribution is -0.118. The lowest BCUT2D eigenvalue weighted by atomic mass is 10.0. The van der Waals surface area contributed by atoms with Crippen LogP contribution in [0.15, 0.2) is 24.3 Å². The fourth-order valence-electron chi connectivity index (χ4n) is 2.31. The number of carbonyl (C=O) groups excluding carboxylic acids is 1. The SMILES string of the molecule is O=C(CCS)Cc1ccccc1CN1CCOCC1. The standard InChI is InChI=1S/C15H21NO2S/c17-15(5-10-19)11-13-3-1-2-4-14(13)12-16-6-8-18-9-7-16/h1-4,19H,5-12H2. The van der Waals surface area contributed by atoms with Crippen LogP contribution < -0.4 is 0 Å². The van der Waals surface area contributed by atoms with Crippen LogP contribution in [0.25, 0.3) is 0 Å². The third-order valence-electron chi connectivity index (χ3n) is 3.39. The van der Waals surface area contributed by atoms with Crippen molar-refractivity contribution >= 4 is 18.4 Å². The van der Waals surface area contributed by atoms with E-state index in [0.29, 0.717) is 18.6 Å². The molecule has 0 radical (unpaired) electrons. The molecule has 0 N–H and O–H groups in total. The Balaban J connectivity index is 2.00. The van der Waals surface area contributed by atoms with Gasteiger partial charge in [0, 0.05) is 32.5 Å². The van der Waals surface area contributed by atoms with Gasteiger partial charge in [0.1, 0.15) is 5.78 Å². The normalized spacial score (nSPS) is 16.5. The summed E-state index contributed by atoms with van der Waals surface area (Å²) in [5.41, 5.74) is 2.41. The van der Waals surface area contributed by atoms with Gasteiger partial charge in [0.05, 0.1) is 13.2 Å². The van der Waals surface area contributed by atoms with E-state index in [2.05, 4.69) is 29.7 Å². The van der Waals surface area contributed by atoms with Crippen molar-refractivity contribution < 1.29 is 9.53 Å². The van der Waals surface area contributed by atoms with Crippen LogP contribution in [0.4, 0.5) is 0 Å². The van der Waals surface area contributed by atoms with E-state index < -0.39 is 0 Å². The van der Waals surface area contributed by atoms with E-state index in [1.54, 1.807) is 0 Å². The highest BCUT2D eigenvalue weighted by Gasteiger charge is 2.13. The van der Waals surface area contributed by atoms with Crippen molar-refractivity contribution in [2.75, 3.05) is 32.1 Å². The van der Waals surface area contributed by atoms with Gasteiger partial charge in [-0.1, -0.05) is 24.3 Å². The van der Waals surface area contributed by atoms with Crippen LogP contribution in [-0.2, 0) is 22.5 Å². The van der Waals surface area contributed by atoms with E-state index in [0.717, 1.165) is 38.4 Å². The van der Waals surface area contributed by atoms with Crippen LogP contribution in [0.2, 0.25) is 0 Å². The number of ketones is 1. The third-order valence-corrected chi connectivity index (χ3v) is 3.62. The summed E-state index contributed by atoms with van der Waals surface area (Å²) in [6.45, 7) is 4.47. The highest BCUT2D eigenvalue weighted by Crippen LogP contribution is 2.14. The van der Waals surface area contributed by atoms with Crippen molar-refractivity contribution in [3.8, 4) is 0 Å². The minimum Gasteiger partial charge on any atom is -0.379 e. The molecule has 0 unspecified atom stereocenters. The summed E-state index contributed by atoms with van der Waals surface area (Å²) in [4.78, 5) is 14.2. The number of hydrogen-bond acceptors (Lipinski definition) is 4. The number of carbonyl (C=O) groups is 1. The van der Waals surface area contributed by atoms with Crippen LogP contribution in [0.5, 0.6) is 0 Å². The molecule has 19 heavy (non-hydrogen) atoms. The van der Waals surface area contributed by atoms with E-state index in [1.807, 2.05) is 12.1 Å². The van der Waals surface area contributed by atoms with Crippen LogP contribution in [0, 0.1) is 0 Å². The molecule has 1 aromatic carbocycles. The maximum Gasteiger partial charge on any atom is 0.138 e. The molecule has 1 fully saturated rings. The van der Waals surface area contributed by atoms with E-state index in [9.17, 15) is 4.79 Å². The van der Waals surface area contributed by atoms with E-state index in [1.165, 1.54) is 5.56 Å². The molecule has 104 valence electrons. The Labute approximate surface area is 120 Å². The predicted octanol–water partition coefficient (Wildman–Crippen LogP) is 1.95. The molecule has 0 bridgehead atoms. The molecule has 0 saturated carbocycles. The molecule has 1 aliphatic heterocycles. The molecule has 1 aliphatic rings. The van der Waals surface area contributed by atoms with Gasteiger partial charge in [0.25, 0.3) is 0 Å². The predicted molar refractivity (Wildman–Crippen MR) is 79.7 cm³/mol. The van der Waals surface area contributed by atoms with Crippen molar-refractivity contribution in [1.29, 1.82) is 0 Å². The molecule has 1 saturated heterocycles. The number of ether oxygens (including phenoxy) is 1. The Kier molecular flexibility index (Phi) is 5.89. The van der Waals surface area contributed by atoms with E-state index in [-0.39, 0.29) is 5.78 Å². The molecule has 3 nitrogen and oxygen atoms in total. The molecule has 0 aromatic heterocycles. The minimum absolute atomic E-state index is 0.268. The zero-order chi connectivity index (χ0) is 13.5. The van der Waals surface area contributed by atoms with Crippen LogP contribution in [0.3, 0.4) is 0 Å². The van der Waals surface area contributed by atoms with Gasteiger partial charge < -0.3 is 4.74 Å². The largest absolute Gasteiger partial charge is 0.379 e. The smallest absolute Gasteiger partial charge is 0.138 e. The van der Waals surface area contributed by atoms with Crippen molar-refractivity contribution in [2.45, 2.75) is 19.4 Å². The molecule has 0 spiro atoms. The van der Waals surface area contributed by atoms with Crippen LogP contribution >= 0.6 is 12.6 Å². The fraction of sp³-hybridized carbons (Fsp3) is 0.533. The van der Waals surface area contributed by atoms with Crippen molar-refractivity contribution in [3.63, 3.8) is 0 Å². The first-order valence-corrected chi connectivity index (χ1v) is 7.42. The van der Waals surface area contributed by atoms with Crippen molar-refractivity contribution in [1.82, 2.24) is 4.90 Å². The average molecular weight is 279 g/mol. The van der Waals surface area contributed by atoms with Crippen molar-refractivity contribution in [2.24, 2.45) is 0 Å². The van der Waals surface area contributed by atoms with Gasteiger partial charge in [-0.15, -0.1) is 0 Å². The third kappa shape index (κ3) is 4.64.